The maximum Gasteiger partial charge on any atom is 0.349 e. The van der Waals surface area contributed by atoms with Crippen LogP contribution in [0.2, 0.25) is 0 Å². The minimum absolute atomic E-state index is 0.0286. The molecule has 4 atom stereocenters. The normalized spacial score (nSPS) is 27.1. The third-order valence-electron chi connectivity index (χ3n) is 2.91. The van der Waals surface area contributed by atoms with Gasteiger partial charge in [-0.1, -0.05) is 0 Å². The summed E-state index contributed by atoms with van der Waals surface area (Å²) in [7, 11) is 0. The molecular weight excluding hydrogens is 298 g/mol. The molecule has 1 fully saturated rings. The maximum absolute atomic E-state index is 11.5. The van der Waals surface area contributed by atoms with Gasteiger partial charge in [0.1, 0.15) is 30.2 Å². The van der Waals surface area contributed by atoms with Gasteiger partial charge in [0.2, 0.25) is 0 Å². The van der Waals surface area contributed by atoms with Gasteiger partial charge in [-0.25, -0.2) is 4.79 Å². The van der Waals surface area contributed by atoms with Gasteiger partial charge in [0, 0.05) is 13.1 Å². The highest BCUT2D eigenvalue weighted by Crippen LogP contribution is 2.21. The fourth-order valence-corrected chi connectivity index (χ4v) is 1.90. The first-order valence-electron chi connectivity index (χ1n) is 6.41. The zero-order valence-corrected chi connectivity index (χ0v) is 11.9. The summed E-state index contributed by atoms with van der Waals surface area (Å²) in [6.07, 6.45) is -2.52. The van der Waals surface area contributed by atoms with Crippen LogP contribution in [0, 0.1) is 0 Å². The molecule has 22 heavy (non-hydrogen) atoms. The number of aliphatic carboxylic acids is 1. The molecule has 0 spiro atoms. The molecule has 0 bridgehead atoms. The van der Waals surface area contributed by atoms with Crippen LogP contribution in [0.1, 0.15) is 6.92 Å². The fraction of sp³-hybridized carbons (Fsp3) is 0.583. The highest BCUT2D eigenvalue weighted by molar-refractivity contribution is 5.62. The molecule has 0 aromatic carbocycles. The highest BCUT2D eigenvalue weighted by Gasteiger charge is 2.42. The number of carboxylic acids is 1. The average molecular weight is 317 g/mol. The van der Waals surface area contributed by atoms with Crippen LogP contribution < -0.4 is 11.4 Å². The molecule has 10 heteroatoms. The molecule has 0 unspecified atom stereocenters. The van der Waals surface area contributed by atoms with E-state index in [2.05, 4.69) is 4.98 Å². The van der Waals surface area contributed by atoms with E-state index >= 15 is 0 Å². The minimum atomic E-state index is -1.17. The molecule has 2 heterocycles. The molecule has 0 aliphatic carbocycles. The quantitative estimate of drug-likeness (QED) is 0.401. The number of hydrogen-bond acceptors (Lipinski definition) is 8. The lowest BCUT2D eigenvalue weighted by Crippen LogP contribution is -2.37. The summed E-state index contributed by atoms with van der Waals surface area (Å²) in [5.74, 6) is -0.725. The van der Waals surface area contributed by atoms with Crippen LogP contribution in [0.25, 0.3) is 0 Å². The second-order valence-corrected chi connectivity index (χ2v) is 4.68. The molecule has 1 aromatic rings. The topological polar surface area (TPSA) is 168 Å². The zero-order chi connectivity index (χ0) is 16.9. The number of aliphatic hydroxyl groups is 3. The van der Waals surface area contributed by atoms with Crippen LogP contribution in [0.3, 0.4) is 0 Å². The molecule has 0 radical (unpaired) electrons. The predicted molar refractivity (Wildman–Crippen MR) is 74.0 cm³/mol. The van der Waals surface area contributed by atoms with E-state index < -0.39 is 42.7 Å². The summed E-state index contributed by atoms with van der Waals surface area (Å²) in [5, 5.41) is 35.6. The standard InChI is InChI=1S/C10H15N3O5.C2H4O2/c11-7-1-2-13(10(17)12-7)3-5-8(15)9(16)6(4-14)18-5;1-2(3)4/h1-2,5-6,8-9,14-16H,3-4H2,(H2,11,12,17);1H3,(H,3,4)/t5-,6+,8-,9+;/m0./s1. The average Bonchev–Trinajstić information content (AvgIpc) is 2.69. The summed E-state index contributed by atoms with van der Waals surface area (Å²) < 4.78 is 6.47. The van der Waals surface area contributed by atoms with Crippen LogP contribution in [-0.2, 0) is 16.1 Å². The van der Waals surface area contributed by atoms with Crippen molar-refractivity contribution in [3.63, 3.8) is 0 Å². The maximum atomic E-state index is 11.5. The fourth-order valence-electron chi connectivity index (χ4n) is 1.90. The van der Waals surface area contributed by atoms with E-state index in [9.17, 15) is 15.0 Å². The number of carbonyl (C=O) groups is 1. The monoisotopic (exact) mass is 317 g/mol. The smallest absolute Gasteiger partial charge is 0.349 e. The first-order valence-corrected chi connectivity index (χ1v) is 6.41. The summed E-state index contributed by atoms with van der Waals surface area (Å²) in [5.41, 5.74) is 4.79. The lowest BCUT2D eigenvalue weighted by molar-refractivity contribution is -0.134. The number of hydrogen-bond donors (Lipinski definition) is 5. The van der Waals surface area contributed by atoms with E-state index in [0.717, 1.165) is 6.92 Å². The van der Waals surface area contributed by atoms with E-state index in [4.69, 9.17) is 25.5 Å². The molecule has 6 N–H and O–H groups in total. The van der Waals surface area contributed by atoms with Gasteiger partial charge in [0.25, 0.3) is 5.97 Å². The summed E-state index contributed by atoms with van der Waals surface area (Å²) in [6, 6.07) is 1.45. The van der Waals surface area contributed by atoms with Crippen LogP contribution in [0.5, 0.6) is 0 Å². The summed E-state index contributed by atoms with van der Waals surface area (Å²) >= 11 is 0. The van der Waals surface area contributed by atoms with E-state index in [0.29, 0.717) is 0 Å². The second kappa shape index (κ2) is 7.84. The predicted octanol–water partition coefficient (Wildman–Crippen LogP) is -2.60. The number of nitrogens with zero attached hydrogens (tertiary/aromatic N) is 2. The largest absolute Gasteiger partial charge is 0.481 e. The van der Waals surface area contributed by atoms with Crippen molar-refractivity contribution < 1.29 is 30.0 Å². The zero-order valence-electron chi connectivity index (χ0n) is 11.9. The van der Waals surface area contributed by atoms with Crippen molar-refractivity contribution in [2.24, 2.45) is 0 Å². The number of nitrogen functional groups attached to an aromatic ring is 1. The van der Waals surface area contributed by atoms with Gasteiger partial charge in [-0.05, 0) is 6.07 Å². The lowest BCUT2D eigenvalue weighted by atomic mass is 10.1. The van der Waals surface area contributed by atoms with Crippen molar-refractivity contribution >= 4 is 11.8 Å². The summed E-state index contributed by atoms with van der Waals surface area (Å²) in [4.78, 5) is 24.0. The number of rotatable bonds is 3. The van der Waals surface area contributed by atoms with Gasteiger partial charge in [-0.2, -0.15) is 4.98 Å². The van der Waals surface area contributed by atoms with Crippen LogP contribution in [0.4, 0.5) is 5.82 Å². The Balaban J connectivity index is 0.000000541. The van der Waals surface area contributed by atoms with Crippen molar-refractivity contribution in [2.75, 3.05) is 12.3 Å². The number of aromatic nitrogens is 2. The molecule has 1 aliphatic heterocycles. The van der Waals surface area contributed by atoms with Gasteiger partial charge in [0.05, 0.1) is 13.2 Å². The van der Waals surface area contributed by atoms with Crippen molar-refractivity contribution in [1.82, 2.24) is 9.55 Å². The van der Waals surface area contributed by atoms with Crippen LogP contribution in [0.15, 0.2) is 17.1 Å². The van der Waals surface area contributed by atoms with Crippen molar-refractivity contribution in [3.05, 3.63) is 22.7 Å². The molecule has 124 valence electrons. The van der Waals surface area contributed by atoms with Gasteiger partial charge in [0.15, 0.2) is 0 Å². The highest BCUT2D eigenvalue weighted by atomic mass is 16.6. The molecule has 1 aromatic heterocycles. The van der Waals surface area contributed by atoms with Crippen molar-refractivity contribution in [3.8, 4) is 0 Å². The van der Waals surface area contributed by atoms with Gasteiger partial charge in [-0.3, -0.25) is 9.36 Å². The molecule has 2 rings (SSSR count). The molecule has 10 nitrogen and oxygen atoms in total. The Hall–Kier alpha value is -2.01. The SMILES string of the molecule is CC(=O)O.Nc1ccn(C[C@@H]2O[C@H](CO)[C@@H](O)[C@H]2O)c(=O)n1. The van der Waals surface area contributed by atoms with Gasteiger partial charge in [-0.15, -0.1) is 0 Å². The van der Waals surface area contributed by atoms with E-state index in [-0.39, 0.29) is 12.4 Å². The number of aliphatic hydroxyl groups excluding tert-OH is 3. The minimum Gasteiger partial charge on any atom is -0.481 e. The van der Waals surface area contributed by atoms with E-state index in [1.807, 2.05) is 0 Å². The van der Waals surface area contributed by atoms with Crippen LogP contribution in [-0.4, -0.2) is 67.0 Å². The number of nitrogens with two attached hydrogens (primary N) is 1. The first kappa shape index (κ1) is 18.0. The molecule has 0 saturated carbocycles. The number of carboxylic acid groups (broad SMARTS) is 1. The molecular formula is C12H19N3O7. The number of anilines is 1. The second-order valence-electron chi connectivity index (χ2n) is 4.68. The molecule has 1 saturated heterocycles. The van der Waals surface area contributed by atoms with E-state index in [1.54, 1.807) is 0 Å². The summed E-state index contributed by atoms with van der Waals surface area (Å²) in [6.45, 7) is 0.713. The first-order chi connectivity index (χ1) is 10.3. The van der Waals surface area contributed by atoms with Gasteiger partial charge < -0.3 is 30.9 Å². The van der Waals surface area contributed by atoms with Crippen LogP contribution >= 0.6 is 0 Å². The van der Waals surface area contributed by atoms with E-state index in [1.165, 1.54) is 16.8 Å². The Bertz CT molecular complexity index is 558. The molecule has 1 aliphatic rings. The Morgan fingerprint density at radius 3 is 2.41 bits per heavy atom. The Kier molecular flexibility index (Phi) is 6.43. The Morgan fingerprint density at radius 2 is 1.95 bits per heavy atom. The van der Waals surface area contributed by atoms with Gasteiger partial charge >= 0.3 is 5.69 Å². The lowest BCUT2D eigenvalue weighted by Gasteiger charge is -2.15. The number of ether oxygens (including phenoxy) is 1. The molecule has 0 amide bonds. The van der Waals surface area contributed by atoms with Crippen molar-refractivity contribution in [2.45, 2.75) is 37.9 Å². The third-order valence-corrected chi connectivity index (χ3v) is 2.91. The third kappa shape index (κ3) is 4.77. The van der Waals surface area contributed by atoms with Crippen molar-refractivity contribution in [1.29, 1.82) is 0 Å². The Labute approximate surface area is 125 Å². The Morgan fingerprint density at radius 1 is 1.41 bits per heavy atom.